The second-order valence-corrected chi connectivity index (χ2v) is 6.20. The zero-order valence-corrected chi connectivity index (χ0v) is 12.9. The molecule has 0 unspecified atom stereocenters. The number of amides is 1. The average molecular weight is 315 g/mol. The van der Waals surface area contributed by atoms with E-state index in [0.717, 1.165) is 20.8 Å². The second kappa shape index (κ2) is 5.75. The second-order valence-electron chi connectivity index (χ2n) is 4.36. The molecule has 2 aromatic heterocycles. The topological polar surface area (TPSA) is 68.0 Å². The van der Waals surface area contributed by atoms with Crippen molar-refractivity contribution in [3.63, 3.8) is 0 Å². The molecule has 4 nitrogen and oxygen atoms in total. The van der Waals surface area contributed by atoms with Gasteiger partial charge in [-0.15, -0.1) is 23.1 Å². The van der Waals surface area contributed by atoms with Crippen LogP contribution in [0, 0.1) is 0 Å². The molecule has 0 saturated heterocycles. The summed E-state index contributed by atoms with van der Waals surface area (Å²) in [7, 11) is 0. The number of nitrogen functional groups attached to an aromatic ring is 1. The van der Waals surface area contributed by atoms with Crippen LogP contribution in [0.15, 0.2) is 47.5 Å². The number of nitrogens with zero attached hydrogens (tertiary/aromatic N) is 1. The van der Waals surface area contributed by atoms with Crippen LogP contribution in [0.1, 0.15) is 9.67 Å². The molecule has 0 saturated carbocycles. The predicted octanol–water partition coefficient (Wildman–Crippen LogP) is 3.85. The number of hydrogen-bond acceptors (Lipinski definition) is 5. The number of carbonyl (C=O) groups is 1. The number of rotatable bonds is 3. The van der Waals surface area contributed by atoms with Gasteiger partial charge in [-0.05, 0) is 30.5 Å². The number of nitrogens with two attached hydrogens (primary N) is 1. The van der Waals surface area contributed by atoms with Gasteiger partial charge in [0.25, 0.3) is 5.91 Å². The Morgan fingerprint density at radius 3 is 2.86 bits per heavy atom. The van der Waals surface area contributed by atoms with Gasteiger partial charge in [-0.2, -0.15) is 0 Å². The number of thioether (sulfide) groups is 1. The highest BCUT2D eigenvalue weighted by molar-refractivity contribution is 7.98. The van der Waals surface area contributed by atoms with Gasteiger partial charge in [0.2, 0.25) is 0 Å². The van der Waals surface area contributed by atoms with Crippen LogP contribution >= 0.6 is 23.1 Å². The van der Waals surface area contributed by atoms with Crippen molar-refractivity contribution in [1.29, 1.82) is 0 Å². The van der Waals surface area contributed by atoms with Crippen LogP contribution in [-0.2, 0) is 0 Å². The van der Waals surface area contributed by atoms with Crippen LogP contribution in [0.3, 0.4) is 0 Å². The van der Waals surface area contributed by atoms with Crippen molar-refractivity contribution < 1.29 is 4.79 Å². The Kier molecular flexibility index (Phi) is 3.81. The van der Waals surface area contributed by atoms with E-state index < -0.39 is 0 Å². The number of fused-ring (bicyclic) bond motifs is 1. The van der Waals surface area contributed by atoms with Crippen molar-refractivity contribution in [3.05, 3.63) is 47.5 Å². The van der Waals surface area contributed by atoms with Crippen molar-refractivity contribution in [3.8, 4) is 0 Å². The van der Waals surface area contributed by atoms with Gasteiger partial charge in [0.1, 0.15) is 9.71 Å². The number of thiophene rings is 1. The summed E-state index contributed by atoms with van der Waals surface area (Å²) in [5.74, 6) is -0.197. The van der Waals surface area contributed by atoms with Crippen LogP contribution in [-0.4, -0.2) is 17.1 Å². The van der Waals surface area contributed by atoms with Gasteiger partial charge < -0.3 is 11.1 Å². The monoisotopic (exact) mass is 315 g/mol. The normalized spacial score (nSPS) is 10.7. The van der Waals surface area contributed by atoms with Gasteiger partial charge in [0.15, 0.2) is 0 Å². The summed E-state index contributed by atoms with van der Waals surface area (Å²) in [6.07, 6.45) is 3.67. The lowest BCUT2D eigenvalue weighted by Crippen LogP contribution is -2.12. The maximum Gasteiger partial charge on any atom is 0.267 e. The third kappa shape index (κ3) is 2.59. The number of carbonyl (C=O) groups excluding carboxylic acids is 1. The molecule has 21 heavy (non-hydrogen) atoms. The van der Waals surface area contributed by atoms with Crippen LogP contribution in [0.5, 0.6) is 0 Å². The molecule has 0 bridgehead atoms. The molecule has 3 aromatic rings. The van der Waals surface area contributed by atoms with E-state index in [-0.39, 0.29) is 5.91 Å². The zero-order chi connectivity index (χ0) is 14.8. The van der Waals surface area contributed by atoms with E-state index in [4.69, 9.17) is 5.73 Å². The Labute approximate surface area is 130 Å². The number of para-hydroxylation sites is 1. The van der Waals surface area contributed by atoms with E-state index in [1.165, 1.54) is 11.3 Å². The van der Waals surface area contributed by atoms with Gasteiger partial charge in [-0.25, -0.2) is 4.98 Å². The summed E-state index contributed by atoms with van der Waals surface area (Å²) in [5.41, 5.74) is 7.35. The van der Waals surface area contributed by atoms with E-state index >= 15 is 0 Å². The first kappa shape index (κ1) is 13.9. The van der Waals surface area contributed by atoms with Gasteiger partial charge in [-0.1, -0.05) is 12.1 Å². The highest BCUT2D eigenvalue weighted by Gasteiger charge is 2.17. The summed E-state index contributed by atoms with van der Waals surface area (Å²) in [6, 6.07) is 11.4. The van der Waals surface area contributed by atoms with Crippen molar-refractivity contribution in [2.24, 2.45) is 0 Å². The van der Waals surface area contributed by atoms with Gasteiger partial charge in [-0.3, -0.25) is 4.79 Å². The number of aromatic nitrogens is 1. The Morgan fingerprint density at radius 2 is 2.10 bits per heavy atom. The van der Waals surface area contributed by atoms with Crippen molar-refractivity contribution >= 4 is 50.6 Å². The van der Waals surface area contributed by atoms with Crippen molar-refractivity contribution in [2.45, 2.75) is 4.90 Å². The number of benzene rings is 1. The summed E-state index contributed by atoms with van der Waals surface area (Å²) in [5, 5.41) is 3.75. The largest absolute Gasteiger partial charge is 0.397 e. The molecular weight excluding hydrogens is 302 g/mol. The first-order chi connectivity index (χ1) is 10.2. The molecule has 1 aromatic carbocycles. The Bertz CT molecular complexity index is 814. The highest BCUT2D eigenvalue weighted by Crippen LogP contribution is 2.33. The fourth-order valence-electron chi connectivity index (χ4n) is 2.05. The van der Waals surface area contributed by atoms with Crippen LogP contribution in [0.4, 0.5) is 11.4 Å². The molecule has 3 N–H and O–H groups in total. The maximum absolute atomic E-state index is 12.5. The number of anilines is 2. The number of pyridine rings is 1. The van der Waals surface area contributed by atoms with E-state index in [1.54, 1.807) is 18.0 Å². The molecule has 0 atom stereocenters. The van der Waals surface area contributed by atoms with Gasteiger partial charge in [0, 0.05) is 16.5 Å². The lowest BCUT2D eigenvalue weighted by Gasteiger charge is -2.08. The number of hydrogen-bond donors (Lipinski definition) is 2. The summed E-state index contributed by atoms with van der Waals surface area (Å²) in [6.45, 7) is 0. The van der Waals surface area contributed by atoms with Crippen LogP contribution < -0.4 is 11.1 Å². The summed E-state index contributed by atoms with van der Waals surface area (Å²) < 4.78 is 0. The fraction of sp³-hybridized carbons (Fsp3) is 0.0667. The Balaban J connectivity index is 1.96. The molecule has 6 heteroatoms. The highest BCUT2D eigenvalue weighted by atomic mass is 32.2. The molecule has 106 valence electrons. The molecule has 3 rings (SSSR count). The predicted molar refractivity (Wildman–Crippen MR) is 90.2 cm³/mol. The molecule has 0 radical (unpaired) electrons. The molecule has 0 aliphatic heterocycles. The zero-order valence-electron chi connectivity index (χ0n) is 11.3. The van der Waals surface area contributed by atoms with Crippen LogP contribution in [0.25, 0.3) is 10.2 Å². The minimum Gasteiger partial charge on any atom is -0.397 e. The summed E-state index contributed by atoms with van der Waals surface area (Å²) >= 11 is 2.90. The molecule has 0 spiro atoms. The minimum absolute atomic E-state index is 0.197. The maximum atomic E-state index is 12.5. The number of nitrogens with one attached hydrogen (secondary N) is 1. The molecule has 0 fully saturated rings. The fourth-order valence-corrected chi connectivity index (χ4v) is 3.56. The Hall–Kier alpha value is -2.05. The molecule has 2 heterocycles. The van der Waals surface area contributed by atoms with Crippen LogP contribution in [0.2, 0.25) is 0 Å². The third-order valence-electron chi connectivity index (χ3n) is 3.07. The van der Waals surface area contributed by atoms with E-state index in [9.17, 15) is 4.79 Å². The van der Waals surface area contributed by atoms with Gasteiger partial charge >= 0.3 is 0 Å². The van der Waals surface area contributed by atoms with E-state index in [2.05, 4.69) is 10.3 Å². The molecule has 0 aliphatic carbocycles. The average Bonchev–Trinajstić information content (AvgIpc) is 2.85. The smallest absolute Gasteiger partial charge is 0.267 e. The standard InChI is InChI=1S/C15H13N3OS2/c1-20-11-7-3-2-6-10(11)18-14(19)13-12(16)9-5-4-8-17-15(9)21-13/h2-8H,16H2,1H3,(H,18,19). The SMILES string of the molecule is CSc1ccccc1NC(=O)c1sc2ncccc2c1N. The molecule has 1 amide bonds. The molecular formula is C15H13N3OS2. The first-order valence-electron chi connectivity index (χ1n) is 6.28. The quantitative estimate of drug-likeness (QED) is 0.720. The molecule has 0 aliphatic rings. The van der Waals surface area contributed by atoms with Crippen molar-refractivity contribution in [2.75, 3.05) is 17.3 Å². The Morgan fingerprint density at radius 1 is 1.29 bits per heavy atom. The van der Waals surface area contributed by atoms with Crippen molar-refractivity contribution in [1.82, 2.24) is 4.98 Å². The van der Waals surface area contributed by atoms with E-state index in [0.29, 0.717) is 10.6 Å². The lowest BCUT2D eigenvalue weighted by atomic mass is 10.2. The minimum atomic E-state index is -0.197. The lowest BCUT2D eigenvalue weighted by molar-refractivity contribution is 0.103. The third-order valence-corrected chi connectivity index (χ3v) is 4.99. The van der Waals surface area contributed by atoms with E-state index in [1.807, 2.05) is 42.7 Å². The first-order valence-corrected chi connectivity index (χ1v) is 8.32. The summed E-state index contributed by atoms with van der Waals surface area (Å²) in [4.78, 5) is 19.0. The van der Waals surface area contributed by atoms with Gasteiger partial charge in [0.05, 0.1) is 11.4 Å².